The molecule has 1 heterocycles. The Hall–Kier alpha value is -4.03. The number of nitrogens with zero attached hydrogens (tertiary/aromatic N) is 1. The largest absolute Gasteiger partial charge is 0.497 e. The third kappa shape index (κ3) is 7.48. The van der Waals surface area contributed by atoms with Gasteiger partial charge in [-0.15, -0.1) is 0 Å². The van der Waals surface area contributed by atoms with E-state index < -0.39 is 6.04 Å². The van der Waals surface area contributed by atoms with Crippen LogP contribution in [0, 0.1) is 0 Å². The highest BCUT2D eigenvalue weighted by atomic mass is 35.5. The van der Waals surface area contributed by atoms with Gasteiger partial charge in [0.15, 0.2) is 0 Å². The zero-order valence-electron chi connectivity index (χ0n) is 20.6. The predicted molar refractivity (Wildman–Crippen MR) is 143 cm³/mol. The summed E-state index contributed by atoms with van der Waals surface area (Å²) in [5, 5.41) is 3.55. The molecule has 0 bridgehead atoms. The quantitative estimate of drug-likeness (QED) is 0.288. The Morgan fingerprint density at radius 3 is 2.24 bits per heavy atom. The lowest BCUT2D eigenvalue weighted by Gasteiger charge is -2.31. The Morgan fingerprint density at radius 2 is 1.59 bits per heavy atom. The molecule has 1 aromatic heterocycles. The first-order valence-electron chi connectivity index (χ1n) is 12.0. The van der Waals surface area contributed by atoms with Crippen LogP contribution in [0.15, 0.2) is 102 Å². The number of carbonyl (C=O) groups is 2. The van der Waals surface area contributed by atoms with Gasteiger partial charge in [0, 0.05) is 18.0 Å². The van der Waals surface area contributed by atoms with Crippen molar-refractivity contribution in [3.63, 3.8) is 0 Å². The fraction of sp³-hybridized carbons (Fsp3) is 0.200. The first-order valence-corrected chi connectivity index (χ1v) is 12.4. The maximum Gasteiger partial charge on any atom is 0.243 e. The monoisotopic (exact) mass is 516 g/mol. The minimum Gasteiger partial charge on any atom is -0.497 e. The SMILES string of the molecule is COc1ccc(CN(C(=O)Cc2ccc(Cl)cc2)[C@@H](Cc2ccccc2)C(=O)NCc2ccco2)cc1. The molecule has 0 saturated heterocycles. The maximum absolute atomic E-state index is 13.8. The number of carbonyl (C=O) groups excluding carboxylic acids is 2. The van der Waals surface area contributed by atoms with Crippen LogP contribution < -0.4 is 10.1 Å². The van der Waals surface area contributed by atoms with E-state index in [9.17, 15) is 9.59 Å². The van der Waals surface area contributed by atoms with Gasteiger partial charge >= 0.3 is 0 Å². The van der Waals surface area contributed by atoms with E-state index >= 15 is 0 Å². The number of halogens is 1. The zero-order chi connectivity index (χ0) is 26.0. The van der Waals surface area contributed by atoms with Gasteiger partial charge in [-0.1, -0.05) is 66.2 Å². The van der Waals surface area contributed by atoms with Crippen molar-refractivity contribution >= 4 is 23.4 Å². The lowest BCUT2D eigenvalue weighted by molar-refractivity contribution is -0.140. The van der Waals surface area contributed by atoms with E-state index in [4.69, 9.17) is 20.8 Å². The van der Waals surface area contributed by atoms with Crippen molar-refractivity contribution < 1.29 is 18.7 Å². The number of hydrogen-bond donors (Lipinski definition) is 1. The van der Waals surface area contributed by atoms with Crippen LogP contribution in [0.25, 0.3) is 0 Å². The molecule has 37 heavy (non-hydrogen) atoms. The normalized spacial score (nSPS) is 11.5. The van der Waals surface area contributed by atoms with Crippen molar-refractivity contribution in [2.45, 2.75) is 32.0 Å². The van der Waals surface area contributed by atoms with Crippen LogP contribution in [0.4, 0.5) is 0 Å². The van der Waals surface area contributed by atoms with Gasteiger partial charge in [0.25, 0.3) is 0 Å². The fourth-order valence-corrected chi connectivity index (χ4v) is 4.19. The molecule has 0 spiro atoms. The molecule has 190 valence electrons. The highest BCUT2D eigenvalue weighted by Crippen LogP contribution is 2.19. The Bertz CT molecular complexity index is 1270. The van der Waals surface area contributed by atoms with E-state index in [0.29, 0.717) is 17.2 Å². The topological polar surface area (TPSA) is 71.8 Å². The Labute approximate surface area is 221 Å². The molecule has 1 N–H and O–H groups in total. The summed E-state index contributed by atoms with van der Waals surface area (Å²) in [4.78, 5) is 29.0. The molecule has 4 rings (SSSR count). The molecule has 0 saturated carbocycles. The molecule has 6 nitrogen and oxygen atoms in total. The molecule has 0 unspecified atom stereocenters. The fourth-order valence-electron chi connectivity index (χ4n) is 4.07. The second-order valence-corrected chi connectivity index (χ2v) is 9.11. The molecule has 0 aliphatic rings. The Balaban J connectivity index is 1.64. The van der Waals surface area contributed by atoms with E-state index in [-0.39, 0.29) is 31.3 Å². The van der Waals surface area contributed by atoms with E-state index in [0.717, 1.165) is 22.4 Å². The van der Waals surface area contributed by atoms with Gasteiger partial charge < -0.3 is 19.4 Å². The molecular weight excluding hydrogens is 488 g/mol. The van der Waals surface area contributed by atoms with Crippen molar-refractivity contribution in [1.82, 2.24) is 10.2 Å². The van der Waals surface area contributed by atoms with Crippen LogP contribution in [0.3, 0.4) is 0 Å². The second-order valence-electron chi connectivity index (χ2n) is 8.68. The maximum atomic E-state index is 13.8. The number of furan rings is 1. The van der Waals surface area contributed by atoms with Gasteiger partial charge in [-0.3, -0.25) is 9.59 Å². The lowest BCUT2D eigenvalue weighted by Crippen LogP contribution is -2.50. The number of amides is 2. The number of benzene rings is 3. The zero-order valence-corrected chi connectivity index (χ0v) is 21.4. The number of ether oxygens (including phenoxy) is 1. The summed E-state index contributed by atoms with van der Waals surface area (Å²) >= 11 is 6.04. The molecule has 0 fully saturated rings. The number of nitrogens with one attached hydrogen (secondary N) is 1. The summed E-state index contributed by atoms with van der Waals surface area (Å²) in [6.45, 7) is 0.501. The predicted octanol–water partition coefficient (Wildman–Crippen LogP) is 5.44. The second kappa shape index (κ2) is 12.8. The standard InChI is InChI=1S/C30H29ClN2O4/c1-36-26-15-11-24(12-16-26)21-33(29(34)19-23-9-13-25(31)14-10-23)28(18-22-6-3-2-4-7-22)30(35)32-20-27-8-5-17-37-27/h2-17,28H,18-21H2,1H3,(H,32,35)/t28-/m0/s1. The van der Waals surface area contributed by atoms with Gasteiger partial charge in [0.05, 0.1) is 26.3 Å². The van der Waals surface area contributed by atoms with E-state index in [1.165, 1.54) is 0 Å². The van der Waals surface area contributed by atoms with Crippen LogP contribution in [-0.2, 0) is 35.5 Å². The summed E-state index contributed by atoms with van der Waals surface area (Å²) in [6.07, 6.45) is 2.08. The molecule has 3 aromatic carbocycles. The number of methoxy groups -OCH3 is 1. The van der Waals surface area contributed by atoms with Crippen LogP contribution >= 0.6 is 11.6 Å². The lowest BCUT2D eigenvalue weighted by atomic mass is 10.0. The van der Waals surface area contributed by atoms with Crippen molar-refractivity contribution in [2.75, 3.05) is 7.11 Å². The molecule has 4 aromatic rings. The third-order valence-electron chi connectivity index (χ3n) is 6.07. The van der Waals surface area contributed by atoms with Gasteiger partial charge in [0.2, 0.25) is 11.8 Å². The molecule has 2 amide bonds. The average Bonchev–Trinajstić information content (AvgIpc) is 3.45. The minimum atomic E-state index is -0.737. The van der Waals surface area contributed by atoms with E-state index in [1.807, 2.05) is 66.7 Å². The van der Waals surface area contributed by atoms with Crippen molar-refractivity contribution in [3.8, 4) is 5.75 Å². The highest BCUT2D eigenvalue weighted by molar-refractivity contribution is 6.30. The summed E-state index contributed by atoms with van der Waals surface area (Å²) < 4.78 is 10.7. The van der Waals surface area contributed by atoms with Gasteiger partial charge in [0.1, 0.15) is 17.6 Å². The molecule has 1 atom stereocenters. The van der Waals surface area contributed by atoms with Gasteiger partial charge in [-0.05, 0) is 53.1 Å². The molecule has 0 aliphatic heterocycles. The summed E-state index contributed by atoms with van der Waals surface area (Å²) in [5.74, 6) is 0.950. The highest BCUT2D eigenvalue weighted by Gasteiger charge is 2.30. The Morgan fingerprint density at radius 1 is 0.892 bits per heavy atom. The third-order valence-corrected chi connectivity index (χ3v) is 6.32. The smallest absolute Gasteiger partial charge is 0.243 e. The van der Waals surface area contributed by atoms with Crippen LogP contribution in [0.1, 0.15) is 22.5 Å². The van der Waals surface area contributed by atoms with E-state index in [1.54, 1.807) is 42.5 Å². The first-order chi connectivity index (χ1) is 18.0. The average molecular weight is 517 g/mol. The van der Waals surface area contributed by atoms with Gasteiger partial charge in [-0.25, -0.2) is 0 Å². The molecule has 0 radical (unpaired) electrons. The van der Waals surface area contributed by atoms with E-state index in [2.05, 4.69) is 5.32 Å². The van der Waals surface area contributed by atoms with Crippen LogP contribution in [0.2, 0.25) is 5.02 Å². The minimum absolute atomic E-state index is 0.143. The van der Waals surface area contributed by atoms with Crippen molar-refractivity contribution in [3.05, 3.63) is 125 Å². The first kappa shape index (κ1) is 26.0. The molecule has 7 heteroatoms. The molecule has 0 aliphatic carbocycles. The summed E-state index contributed by atoms with van der Waals surface area (Å²) in [5.41, 5.74) is 2.67. The van der Waals surface area contributed by atoms with Crippen LogP contribution in [-0.4, -0.2) is 29.9 Å². The number of rotatable bonds is 11. The van der Waals surface area contributed by atoms with Crippen LogP contribution in [0.5, 0.6) is 5.75 Å². The summed E-state index contributed by atoms with van der Waals surface area (Å²) in [7, 11) is 1.61. The Kier molecular flexibility index (Phi) is 9.00. The van der Waals surface area contributed by atoms with Crippen molar-refractivity contribution in [2.24, 2.45) is 0 Å². The molecular formula is C30H29ClN2O4. The number of hydrogen-bond acceptors (Lipinski definition) is 4. The van der Waals surface area contributed by atoms with Gasteiger partial charge in [-0.2, -0.15) is 0 Å². The van der Waals surface area contributed by atoms with Crippen molar-refractivity contribution in [1.29, 1.82) is 0 Å². The summed E-state index contributed by atoms with van der Waals surface area (Å²) in [6, 6.07) is 27.2.